The van der Waals surface area contributed by atoms with Crippen LogP contribution in [0.3, 0.4) is 0 Å². The number of rotatable bonds is 34. The number of hydrogen-bond acceptors (Lipinski definition) is 17. The van der Waals surface area contributed by atoms with Crippen LogP contribution in [0.25, 0.3) is 0 Å². The molecule has 5 aromatic rings. The lowest BCUT2D eigenvalue weighted by molar-refractivity contribution is -0.384. The summed E-state index contributed by atoms with van der Waals surface area (Å²) >= 11 is 0. The number of nitrogens with zero attached hydrogens (tertiary/aromatic N) is 3. The van der Waals surface area contributed by atoms with Crippen molar-refractivity contribution < 1.29 is 66.8 Å². The summed E-state index contributed by atoms with van der Waals surface area (Å²) in [7, 11) is 0. The van der Waals surface area contributed by atoms with E-state index in [-0.39, 0.29) is 40.5 Å². The average molecular weight is 1030 g/mol. The number of benzene rings is 5. The van der Waals surface area contributed by atoms with Crippen LogP contribution in [0.1, 0.15) is 108 Å². The summed E-state index contributed by atoms with van der Waals surface area (Å²) in [5, 5.41) is 19.1. The van der Waals surface area contributed by atoms with Crippen molar-refractivity contribution in [2.24, 2.45) is 10.2 Å². The van der Waals surface area contributed by atoms with Gasteiger partial charge in [0.05, 0.1) is 72.6 Å². The SMILES string of the molecule is C=CC(=O)OCCCCCCOc1ccc(OC(=O)c2ccc(C(=O)Oc3ccc(OCCCCCCOC(=O)C=C)cc3)c(C(=O)OCCCCCCOc3ccc(N=Nc4ccc([N+](=O)[O-])cc4)cc3)c2)cc1. The van der Waals surface area contributed by atoms with Crippen molar-refractivity contribution in [3.05, 3.63) is 167 Å². The normalized spacial score (nSPS) is 10.7. The van der Waals surface area contributed by atoms with Gasteiger partial charge in [-0.1, -0.05) is 13.2 Å². The smallest absolute Gasteiger partial charge is 0.344 e. The van der Waals surface area contributed by atoms with Crippen LogP contribution >= 0.6 is 0 Å². The number of esters is 5. The van der Waals surface area contributed by atoms with Crippen molar-refractivity contribution in [3.8, 4) is 28.7 Å². The van der Waals surface area contributed by atoms with Crippen molar-refractivity contribution in [2.45, 2.75) is 77.0 Å². The molecule has 5 rings (SSSR count). The molecule has 0 fully saturated rings. The fraction of sp³-hybridized carbons (Fsp3) is 0.316. The predicted octanol–water partition coefficient (Wildman–Crippen LogP) is 12.6. The van der Waals surface area contributed by atoms with E-state index in [0.717, 1.165) is 82.8 Å². The predicted molar refractivity (Wildman–Crippen MR) is 277 cm³/mol. The zero-order valence-corrected chi connectivity index (χ0v) is 41.7. The molecule has 0 saturated carbocycles. The van der Waals surface area contributed by atoms with E-state index in [1.54, 1.807) is 72.8 Å². The number of ether oxygens (including phenoxy) is 8. The Morgan fingerprint density at radius 1 is 0.427 bits per heavy atom. The van der Waals surface area contributed by atoms with Gasteiger partial charge in [-0.3, -0.25) is 10.1 Å². The van der Waals surface area contributed by atoms with Crippen LogP contribution in [0, 0.1) is 10.1 Å². The molecular formula is C57H61N3O15. The Morgan fingerprint density at radius 3 is 1.23 bits per heavy atom. The van der Waals surface area contributed by atoms with E-state index >= 15 is 0 Å². The first-order chi connectivity index (χ1) is 36.5. The van der Waals surface area contributed by atoms with E-state index in [4.69, 9.17) is 37.9 Å². The van der Waals surface area contributed by atoms with Crippen LogP contribution in [0.2, 0.25) is 0 Å². The van der Waals surface area contributed by atoms with E-state index in [1.807, 2.05) is 0 Å². The summed E-state index contributed by atoms with van der Waals surface area (Å²) in [6.45, 7) is 8.87. The van der Waals surface area contributed by atoms with E-state index < -0.39 is 34.8 Å². The summed E-state index contributed by atoms with van der Waals surface area (Å²) in [6, 6.07) is 29.7. The van der Waals surface area contributed by atoms with Gasteiger partial charge >= 0.3 is 29.8 Å². The lowest BCUT2D eigenvalue weighted by atomic mass is 10.0. The highest BCUT2D eigenvalue weighted by Crippen LogP contribution is 2.26. The van der Waals surface area contributed by atoms with Crippen molar-refractivity contribution in [2.75, 3.05) is 39.6 Å². The molecule has 0 unspecified atom stereocenters. The van der Waals surface area contributed by atoms with Gasteiger partial charge in [-0.2, -0.15) is 10.2 Å². The van der Waals surface area contributed by atoms with Gasteiger partial charge in [0.2, 0.25) is 0 Å². The van der Waals surface area contributed by atoms with Gasteiger partial charge in [-0.15, -0.1) is 0 Å². The molecule has 0 atom stereocenters. The fourth-order valence-electron chi connectivity index (χ4n) is 6.87. The molecular weight excluding hydrogens is 967 g/mol. The van der Waals surface area contributed by atoms with Crippen molar-refractivity contribution in [1.82, 2.24) is 0 Å². The quantitative estimate of drug-likeness (QED) is 0.00545. The minimum atomic E-state index is -0.847. The molecule has 0 amide bonds. The molecule has 0 N–H and O–H groups in total. The molecule has 0 aliphatic rings. The molecule has 5 aromatic carbocycles. The minimum absolute atomic E-state index is 0.00278. The first-order valence-electron chi connectivity index (χ1n) is 24.7. The minimum Gasteiger partial charge on any atom is -0.494 e. The lowest BCUT2D eigenvalue weighted by Gasteiger charge is -2.12. The number of carbonyl (C=O) groups is 5. The number of unbranched alkanes of at least 4 members (excludes halogenated alkanes) is 9. The number of nitro benzene ring substituents is 1. The number of non-ortho nitro benzene ring substituents is 1. The molecule has 0 heterocycles. The highest BCUT2D eigenvalue weighted by atomic mass is 16.6. The summed E-state index contributed by atoms with van der Waals surface area (Å²) in [5.74, 6) is -1.09. The Balaban J connectivity index is 1.10. The van der Waals surface area contributed by atoms with E-state index in [2.05, 4.69) is 23.4 Å². The van der Waals surface area contributed by atoms with Gasteiger partial charge in [0.1, 0.15) is 28.7 Å². The van der Waals surface area contributed by atoms with E-state index in [1.165, 1.54) is 42.5 Å². The zero-order chi connectivity index (χ0) is 53.5. The number of hydrogen-bond donors (Lipinski definition) is 0. The Morgan fingerprint density at radius 2 is 0.800 bits per heavy atom. The first kappa shape index (κ1) is 57.2. The average Bonchev–Trinajstić information content (AvgIpc) is 3.43. The second-order valence-corrected chi connectivity index (χ2v) is 16.6. The van der Waals surface area contributed by atoms with Gasteiger partial charge in [0.25, 0.3) is 5.69 Å². The highest BCUT2D eigenvalue weighted by Gasteiger charge is 2.23. The standard InChI is InChI=1S/C57H61N3O15/c1-3-53(61)71-38-14-8-5-11-36-69-47-26-30-49(31-27-47)74-55(63)42-17-34-51(57(65)75-50-32-28-48(29-33-50)70-37-12-6-9-15-39-72-54(62)4-2)52(41-42)56(64)73-40-16-10-7-13-35-68-46-24-20-44(21-25-46)59-58-43-18-22-45(23-19-43)60(66)67/h3-4,17-34,41H,1-2,5-16,35-40H2. The van der Waals surface area contributed by atoms with Crippen molar-refractivity contribution in [1.29, 1.82) is 0 Å². The maximum atomic E-state index is 13.6. The molecule has 0 aliphatic heterocycles. The van der Waals surface area contributed by atoms with Gasteiger partial charge in [-0.25, -0.2) is 24.0 Å². The first-order valence-corrected chi connectivity index (χ1v) is 24.7. The maximum absolute atomic E-state index is 13.6. The molecule has 18 heteroatoms. The Bertz CT molecular complexity index is 2670. The van der Waals surface area contributed by atoms with Crippen molar-refractivity contribution >= 4 is 46.9 Å². The molecule has 0 spiro atoms. The van der Waals surface area contributed by atoms with Crippen LogP contribution in [-0.2, 0) is 23.8 Å². The summed E-state index contributed by atoms with van der Waals surface area (Å²) in [6.07, 6.45) is 11.6. The molecule has 0 radical (unpaired) electrons. The largest absolute Gasteiger partial charge is 0.494 e. The molecule has 0 aromatic heterocycles. The lowest BCUT2D eigenvalue weighted by Crippen LogP contribution is -2.18. The third-order valence-electron chi connectivity index (χ3n) is 10.9. The zero-order valence-electron chi connectivity index (χ0n) is 41.7. The molecule has 18 nitrogen and oxygen atoms in total. The molecule has 0 saturated heterocycles. The van der Waals surface area contributed by atoms with Crippen LogP contribution in [0.4, 0.5) is 17.1 Å². The summed E-state index contributed by atoms with van der Waals surface area (Å²) in [5.41, 5.74) is 0.738. The Labute approximate surface area is 435 Å². The van der Waals surface area contributed by atoms with E-state index in [9.17, 15) is 34.1 Å². The van der Waals surface area contributed by atoms with Gasteiger partial charge in [-0.05, 0) is 180 Å². The number of carbonyl (C=O) groups excluding carboxylic acids is 5. The van der Waals surface area contributed by atoms with Crippen molar-refractivity contribution in [3.63, 3.8) is 0 Å². The van der Waals surface area contributed by atoms with Crippen LogP contribution in [-0.4, -0.2) is 74.4 Å². The number of azo groups is 1. The Hall–Kier alpha value is -8.67. The van der Waals surface area contributed by atoms with Crippen LogP contribution in [0.15, 0.2) is 151 Å². The molecule has 394 valence electrons. The summed E-state index contributed by atoms with van der Waals surface area (Å²) in [4.78, 5) is 73.4. The monoisotopic (exact) mass is 1030 g/mol. The van der Waals surface area contributed by atoms with Gasteiger partial charge in [0.15, 0.2) is 0 Å². The molecule has 0 aliphatic carbocycles. The third-order valence-corrected chi connectivity index (χ3v) is 10.9. The van der Waals surface area contributed by atoms with Crippen LogP contribution in [0.5, 0.6) is 28.7 Å². The molecule has 75 heavy (non-hydrogen) atoms. The third kappa shape index (κ3) is 21.5. The van der Waals surface area contributed by atoms with Gasteiger partial charge in [0, 0.05) is 24.3 Å². The molecule has 0 bridgehead atoms. The maximum Gasteiger partial charge on any atom is 0.344 e. The topological polar surface area (TPSA) is 227 Å². The summed E-state index contributed by atoms with van der Waals surface area (Å²) < 4.78 is 44.3. The van der Waals surface area contributed by atoms with E-state index in [0.29, 0.717) is 68.1 Å². The fourth-order valence-corrected chi connectivity index (χ4v) is 6.87. The Kier molecular flexibility index (Phi) is 24.7. The van der Waals surface area contributed by atoms with Gasteiger partial charge < -0.3 is 37.9 Å². The number of nitro groups is 1. The van der Waals surface area contributed by atoms with Crippen LogP contribution < -0.4 is 23.7 Å². The highest BCUT2D eigenvalue weighted by molar-refractivity contribution is 6.06. The second-order valence-electron chi connectivity index (χ2n) is 16.6. The second kappa shape index (κ2) is 32.4.